The van der Waals surface area contributed by atoms with Gasteiger partial charge in [-0.05, 0) is 74.3 Å². The van der Waals surface area contributed by atoms with E-state index in [-0.39, 0.29) is 0 Å². The molecule has 2 fully saturated rings. The van der Waals surface area contributed by atoms with Crippen LogP contribution in [0.3, 0.4) is 0 Å². The molecule has 2 aromatic carbocycles. The average molecular weight is 485 g/mol. The third kappa shape index (κ3) is 3.97. The minimum Gasteiger partial charge on any atom is -0.371 e. The van der Waals surface area contributed by atoms with Gasteiger partial charge in [-0.15, -0.1) is 11.8 Å². The predicted octanol–water partition coefficient (Wildman–Crippen LogP) is 6.47. The third-order valence-electron chi connectivity index (χ3n) is 8.19. The molecule has 2 heterocycles. The highest BCUT2D eigenvalue weighted by atomic mass is 32.2. The molecule has 5 rings (SSSR count). The van der Waals surface area contributed by atoms with Gasteiger partial charge in [-0.3, -0.25) is 4.31 Å². The van der Waals surface area contributed by atoms with E-state index in [1.807, 2.05) is 45.2 Å². The Balaban J connectivity index is 1.43. The lowest BCUT2D eigenvalue weighted by Gasteiger charge is -2.37. The fourth-order valence-corrected chi connectivity index (χ4v) is 9.78. The van der Waals surface area contributed by atoms with Gasteiger partial charge in [-0.25, -0.2) is 8.42 Å². The number of fused-ring (bicyclic) bond motifs is 1. The molecule has 1 saturated heterocycles. The van der Waals surface area contributed by atoms with Crippen molar-refractivity contribution in [3.63, 3.8) is 0 Å². The van der Waals surface area contributed by atoms with Gasteiger partial charge in [-0.2, -0.15) is 0 Å². The molecule has 2 aromatic rings. The molecular weight excluding hydrogens is 448 g/mol. The molecule has 3 aliphatic rings. The Morgan fingerprint density at radius 3 is 2.48 bits per heavy atom. The van der Waals surface area contributed by atoms with E-state index in [9.17, 15) is 8.42 Å². The molecule has 1 saturated carbocycles. The van der Waals surface area contributed by atoms with E-state index in [0.717, 1.165) is 28.4 Å². The first-order valence-corrected chi connectivity index (χ1v) is 14.6. The third-order valence-corrected chi connectivity index (χ3v) is 12.0. The van der Waals surface area contributed by atoms with Crippen LogP contribution in [-0.2, 0) is 10.0 Å². The first kappa shape index (κ1) is 23.1. The molecule has 6 heteroatoms. The minimum atomic E-state index is -3.63. The molecule has 2 unspecified atom stereocenters. The van der Waals surface area contributed by atoms with Crippen LogP contribution in [0.25, 0.3) is 0 Å². The minimum absolute atomic E-state index is 0.376. The van der Waals surface area contributed by atoms with Gasteiger partial charge < -0.3 is 4.90 Å². The smallest absolute Gasteiger partial charge is 0.264 e. The monoisotopic (exact) mass is 484 g/mol. The van der Waals surface area contributed by atoms with Crippen LogP contribution in [0.2, 0.25) is 0 Å². The molecule has 0 radical (unpaired) electrons. The van der Waals surface area contributed by atoms with Crippen LogP contribution in [0.1, 0.15) is 67.4 Å². The van der Waals surface area contributed by atoms with Crippen molar-refractivity contribution in [2.45, 2.75) is 74.2 Å². The Bertz CT molecular complexity index is 1160. The van der Waals surface area contributed by atoms with Crippen molar-refractivity contribution in [3.8, 4) is 0 Å². The summed E-state index contributed by atoms with van der Waals surface area (Å²) in [7, 11) is -1.60. The largest absolute Gasteiger partial charge is 0.371 e. The Kier molecular flexibility index (Phi) is 5.97. The van der Waals surface area contributed by atoms with E-state index in [2.05, 4.69) is 35.7 Å². The molecule has 0 aromatic heterocycles. The van der Waals surface area contributed by atoms with Crippen molar-refractivity contribution in [1.82, 2.24) is 0 Å². The van der Waals surface area contributed by atoms with Crippen molar-refractivity contribution < 1.29 is 8.42 Å². The Labute approximate surface area is 203 Å². The van der Waals surface area contributed by atoms with Crippen LogP contribution in [0.15, 0.2) is 41.3 Å². The summed E-state index contributed by atoms with van der Waals surface area (Å²) in [5.74, 6) is 0.841. The van der Waals surface area contributed by atoms with E-state index in [4.69, 9.17) is 0 Å². The number of benzene rings is 2. The number of anilines is 2. The number of nitrogens with zero attached hydrogens (tertiary/aromatic N) is 2. The van der Waals surface area contributed by atoms with E-state index in [1.165, 1.54) is 44.1 Å². The number of thioether (sulfide) groups is 1. The Hall–Kier alpha value is -1.66. The number of para-hydroxylation sites is 1. The van der Waals surface area contributed by atoms with Gasteiger partial charge in [0.2, 0.25) is 0 Å². The quantitative estimate of drug-likeness (QED) is 0.499. The van der Waals surface area contributed by atoms with Crippen molar-refractivity contribution in [2.24, 2.45) is 5.92 Å². The van der Waals surface area contributed by atoms with Crippen molar-refractivity contribution in [3.05, 3.63) is 53.1 Å². The maximum Gasteiger partial charge on any atom is 0.264 e. The van der Waals surface area contributed by atoms with Gasteiger partial charge in [0, 0.05) is 23.6 Å². The van der Waals surface area contributed by atoms with Gasteiger partial charge in [0.25, 0.3) is 10.0 Å². The van der Waals surface area contributed by atoms with Crippen molar-refractivity contribution >= 4 is 33.2 Å². The predicted molar refractivity (Wildman–Crippen MR) is 140 cm³/mol. The fraction of sp³-hybridized carbons (Fsp3) is 0.556. The van der Waals surface area contributed by atoms with Gasteiger partial charge >= 0.3 is 0 Å². The summed E-state index contributed by atoms with van der Waals surface area (Å²) in [6.07, 6.45) is 7.96. The summed E-state index contributed by atoms with van der Waals surface area (Å²) < 4.78 is 29.7. The second-order valence-corrected chi connectivity index (χ2v) is 14.0. The van der Waals surface area contributed by atoms with Gasteiger partial charge in [0.15, 0.2) is 0 Å². The normalized spacial score (nSPS) is 26.1. The SMILES string of the molecule is Cc1cc(C2CCC(C)(C3CCCC3)S2)ccc1S(=O)(=O)N1CCN(C)c2cccc(C)c21. The number of hydrogen-bond acceptors (Lipinski definition) is 4. The lowest BCUT2D eigenvalue weighted by molar-refractivity contribution is 0.396. The van der Waals surface area contributed by atoms with Gasteiger partial charge in [0.05, 0.1) is 22.8 Å². The molecule has 2 aliphatic heterocycles. The standard InChI is InChI=1S/C27H36N2O2S2/c1-19-8-7-11-23-26(19)29(17-16-28(23)4)33(30,31)25-13-12-21(18-20(25)2)24-14-15-27(3,32-24)22-9-5-6-10-22/h7-8,11-13,18,22,24H,5-6,9-10,14-17H2,1-4H3. The summed E-state index contributed by atoms with van der Waals surface area (Å²) in [4.78, 5) is 2.58. The average Bonchev–Trinajstić information content (AvgIpc) is 3.45. The highest BCUT2D eigenvalue weighted by molar-refractivity contribution is 8.01. The van der Waals surface area contributed by atoms with Crippen LogP contribution in [0.5, 0.6) is 0 Å². The van der Waals surface area contributed by atoms with Gasteiger partial charge in [0.1, 0.15) is 0 Å². The highest BCUT2D eigenvalue weighted by Gasteiger charge is 2.43. The number of aryl methyl sites for hydroxylation is 2. The molecule has 178 valence electrons. The summed E-state index contributed by atoms with van der Waals surface area (Å²) >= 11 is 2.14. The first-order valence-electron chi connectivity index (χ1n) is 12.3. The number of rotatable bonds is 4. The second kappa shape index (κ2) is 8.53. The number of hydrogen-bond donors (Lipinski definition) is 0. The summed E-state index contributed by atoms with van der Waals surface area (Å²) in [5, 5.41) is 0.470. The zero-order chi connectivity index (χ0) is 23.4. The van der Waals surface area contributed by atoms with Crippen LogP contribution in [0.4, 0.5) is 11.4 Å². The molecule has 0 bridgehead atoms. The number of likely N-dealkylation sites (N-methyl/N-ethyl adjacent to an activating group) is 1. The molecule has 2 atom stereocenters. The summed E-state index contributed by atoms with van der Waals surface area (Å²) in [6, 6.07) is 12.1. The zero-order valence-electron chi connectivity index (χ0n) is 20.3. The van der Waals surface area contributed by atoms with E-state index < -0.39 is 10.0 Å². The zero-order valence-corrected chi connectivity index (χ0v) is 21.9. The van der Waals surface area contributed by atoms with Crippen LogP contribution >= 0.6 is 11.8 Å². The Morgan fingerprint density at radius 2 is 1.76 bits per heavy atom. The van der Waals surface area contributed by atoms with Crippen LogP contribution in [0, 0.1) is 19.8 Å². The van der Waals surface area contributed by atoms with Crippen molar-refractivity contribution in [2.75, 3.05) is 29.3 Å². The van der Waals surface area contributed by atoms with Crippen molar-refractivity contribution in [1.29, 1.82) is 0 Å². The molecular formula is C27H36N2O2S2. The van der Waals surface area contributed by atoms with Crippen LogP contribution < -0.4 is 9.21 Å². The molecule has 0 N–H and O–H groups in total. The van der Waals surface area contributed by atoms with Gasteiger partial charge in [-0.1, -0.05) is 44.0 Å². The highest BCUT2D eigenvalue weighted by Crippen LogP contribution is 2.58. The molecule has 1 aliphatic carbocycles. The molecule has 0 amide bonds. The van der Waals surface area contributed by atoms with E-state index >= 15 is 0 Å². The topological polar surface area (TPSA) is 40.6 Å². The maximum atomic E-state index is 13.8. The Morgan fingerprint density at radius 1 is 1.00 bits per heavy atom. The van der Waals surface area contributed by atoms with Crippen LogP contribution in [-0.4, -0.2) is 33.3 Å². The summed E-state index contributed by atoms with van der Waals surface area (Å²) in [5.41, 5.74) is 4.93. The first-order chi connectivity index (χ1) is 15.7. The van der Waals surface area contributed by atoms with E-state index in [1.54, 1.807) is 4.31 Å². The van der Waals surface area contributed by atoms with E-state index in [0.29, 0.717) is 28.0 Å². The second-order valence-electron chi connectivity index (χ2n) is 10.4. The lowest BCUT2D eigenvalue weighted by Crippen LogP contribution is -2.43. The summed E-state index contributed by atoms with van der Waals surface area (Å²) in [6.45, 7) is 7.57. The molecule has 4 nitrogen and oxygen atoms in total. The number of sulfonamides is 1. The maximum absolute atomic E-state index is 13.8. The fourth-order valence-electron chi connectivity index (χ4n) is 6.20. The lowest BCUT2D eigenvalue weighted by atomic mass is 9.87. The molecule has 33 heavy (non-hydrogen) atoms. The molecule has 0 spiro atoms.